The number of aromatic nitrogens is 1. The van der Waals surface area contributed by atoms with E-state index in [4.69, 9.17) is 11.6 Å². The number of nitrogens with one attached hydrogen (secondary N) is 3. The second kappa shape index (κ2) is 10.5. The normalized spacial score (nSPS) is 21.9. The van der Waals surface area contributed by atoms with Crippen molar-refractivity contribution in [2.45, 2.75) is 49.0 Å². The maximum atomic E-state index is 14.4. The van der Waals surface area contributed by atoms with Crippen LogP contribution in [0.5, 0.6) is 0 Å². The van der Waals surface area contributed by atoms with Crippen LogP contribution in [0.1, 0.15) is 38.5 Å². The Labute approximate surface area is 191 Å². The molecule has 4 rings (SSSR count). The summed E-state index contributed by atoms with van der Waals surface area (Å²) in [6, 6.07) is 3.14. The smallest absolute Gasteiger partial charge is 0.192 e. The third kappa shape index (κ3) is 5.79. The Kier molecular flexibility index (Phi) is 7.75. The Bertz CT molecular complexity index is 814. The van der Waals surface area contributed by atoms with Gasteiger partial charge < -0.3 is 20.3 Å². The van der Waals surface area contributed by atoms with Gasteiger partial charge in [0.1, 0.15) is 5.82 Å². The highest BCUT2D eigenvalue weighted by atomic mass is 35.5. The van der Waals surface area contributed by atoms with Crippen LogP contribution in [-0.4, -0.2) is 48.1 Å². The van der Waals surface area contributed by atoms with E-state index in [2.05, 4.69) is 25.2 Å². The summed E-state index contributed by atoms with van der Waals surface area (Å²) in [6.45, 7) is 5.49. The van der Waals surface area contributed by atoms with Crippen molar-refractivity contribution >= 4 is 45.7 Å². The Morgan fingerprint density at radius 2 is 2.20 bits per heavy atom. The molecule has 3 heterocycles. The molecule has 1 unspecified atom stereocenters. The highest BCUT2D eigenvalue weighted by Gasteiger charge is 2.37. The molecule has 0 radical (unpaired) electrons. The molecule has 2 aliphatic rings. The number of thiazole rings is 1. The van der Waals surface area contributed by atoms with E-state index in [1.807, 2.05) is 5.38 Å². The van der Waals surface area contributed by atoms with Gasteiger partial charge in [0.25, 0.3) is 0 Å². The summed E-state index contributed by atoms with van der Waals surface area (Å²) in [5.74, 6) is -0.293. The summed E-state index contributed by atoms with van der Waals surface area (Å²) < 4.78 is 17.5. The minimum absolute atomic E-state index is 0.293. The summed E-state index contributed by atoms with van der Waals surface area (Å²) in [6.07, 6.45) is 9.13. The SMILES string of the molecule is Fc1cc(NCCCCN2CCCC3(CCCN3)C2)c(Cl)cc1SNc1nccs1. The molecule has 1 aromatic carbocycles. The van der Waals surface area contributed by atoms with Crippen molar-refractivity contribution < 1.29 is 4.39 Å². The summed E-state index contributed by atoms with van der Waals surface area (Å²) in [5, 5.41) is 10.2. The Balaban J connectivity index is 1.19. The first-order chi connectivity index (χ1) is 14.6. The highest BCUT2D eigenvalue weighted by molar-refractivity contribution is 8.00. The van der Waals surface area contributed by atoms with Crippen LogP contribution in [0.15, 0.2) is 28.6 Å². The van der Waals surface area contributed by atoms with Gasteiger partial charge in [0, 0.05) is 30.2 Å². The molecule has 1 spiro atoms. The lowest BCUT2D eigenvalue weighted by atomic mass is 9.87. The fourth-order valence-electron chi connectivity index (χ4n) is 4.43. The number of benzene rings is 1. The van der Waals surface area contributed by atoms with Gasteiger partial charge in [0.05, 0.1) is 15.6 Å². The number of rotatable bonds is 9. The maximum Gasteiger partial charge on any atom is 0.192 e. The quantitative estimate of drug-likeness (QED) is 0.334. The van der Waals surface area contributed by atoms with Gasteiger partial charge in [-0.15, -0.1) is 11.3 Å². The summed E-state index contributed by atoms with van der Waals surface area (Å²) in [7, 11) is 0. The summed E-state index contributed by atoms with van der Waals surface area (Å²) in [5.41, 5.74) is 1.04. The molecular weight excluding hydrogens is 441 g/mol. The second-order valence-corrected chi connectivity index (χ2v) is 10.3. The van der Waals surface area contributed by atoms with E-state index in [0.29, 0.717) is 21.1 Å². The van der Waals surface area contributed by atoms with Gasteiger partial charge >= 0.3 is 0 Å². The lowest BCUT2D eigenvalue weighted by Crippen LogP contribution is -2.53. The molecule has 1 aromatic heterocycles. The third-order valence-corrected chi connectivity index (χ3v) is 7.87. The average molecular weight is 470 g/mol. The fraction of sp³-hybridized carbons (Fsp3) is 0.571. The fourth-order valence-corrected chi connectivity index (χ4v) is 6.00. The van der Waals surface area contributed by atoms with Crippen LogP contribution in [0, 0.1) is 5.82 Å². The topological polar surface area (TPSA) is 52.2 Å². The van der Waals surface area contributed by atoms with Crippen LogP contribution in [0.25, 0.3) is 0 Å². The molecule has 1 atom stereocenters. The van der Waals surface area contributed by atoms with Gasteiger partial charge in [0.15, 0.2) is 5.13 Å². The van der Waals surface area contributed by atoms with Crippen LogP contribution in [0.3, 0.4) is 0 Å². The lowest BCUT2D eigenvalue weighted by molar-refractivity contribution is 0.133. The van der Waals surface area contributed by atoms with E-state index in [9.17, 15) is 4.39 Å². The molecule has 0 amide bonds. The molecule has 2 aromatic rings. The van der Waals surface area contributed by atoms with Crippen molar-refractivity contribution in [1.82, 2.24) is 15.2 Å². The predicted octanol–water partition coefficient (Wildman–Crippen LogP) is 5.46. The zero-order chi connectivity index (χ0) is 20.8. The highest BCUT2D eigenvalue weighted by Crippen LogP contribution is 2.32. The van der Waals surface area contributed by atoms with E-state index in [0.717, 1.165) is 31.1 Å². The van der Waals surface area contributed by atoms with Crippen molar-refractivity contribution in [2.75, 3.05) is 42.8 Å². The van der Waals surface area contributed by atoms with E-state index in [1.165, 1.54) is 74.7 Å². The second-order valence-electron chi connectivity index (χ2n) is 8.13. The molecule has 30 heavy (non-hydrogen) atoms. The molecule has 0 saturated carbocycles. The van der Waals surface area contributed by atoms with Gasteiger partial charge in [-0.2, -0.15) is 0 Å². The van der Waals surface area contributed by atoms with Gasteiger partial charge in [-0.1, -0.05) is 11.6 Å². The molecule has 2 aliphatic heterocycles. The predicted molar refractivity (Wildman–Crippen MR) is 126 cm³/mol. The number of nitrogens with zero attached hydrogens (tertiary/aromatic N) is 2. The van der Waals surface area contributed by atoms with Gasteiger partial charge in [0.2, 0.25) is 0 Å². The van der Waals surface area contributed by atoms with Crippen molar-refractivity contribution in [3.8, 4) is 0 Å². The van der Waals surface area contributed by atoms with Crippen LogP contribution in [0.2, 0.25) is 5.02 Å². The standard InChI is InChI=1S/C21H29ClFN5S2/c22-16-13-19(30-27-20-25-9-12-29-20)17(23)14-18(16)24-7-1-2-10-28-11-4-6-21(15-28)5-3-8-26-21/h9,12-14,24,26H,1-8,10-11,15H2,(H,25,27). The first kappa shape index (κ1) is 22.1. The van der Waals surface area contributed by atoms with E-state index in [-0.39, 0.29) is 5.82 Å². The number of hydrogen-bond acceptors (Lipinski definition) is 7. The van der Waals surface area contributed by atoms with Crippen LogP contribution in [-0.2, 0) is 0 Å². The van der Waals surface area contributed by atoms with Crippen LogP contribution >= 0.6 is 34.9 Å². The van der Waals surface area contributed by atoms with E-state index < -0.39 is 0 Å². The summed E-state index contributed by atoms with van der Waals surface area (Å²) in [4.78, 5) is 7.19. The van der Waals surface area contributed by atoms with Gasteiger partial charge in [-0.05, 0) is 82.2 Å². The summed E-state index contributed by atoms with van der Waals surface area (Å²) >= 11 is 9.02. The Morgan fingerprint density at radius 3 is 3.00 bits per heavy atom. The molecule has 0 aliphatic carbocycles. The minimum Gasteiger partial charge on any atom is -0.384 e. The Morgan fingerprint density at radius 1 is 1.30 bits per heavy atom. The van der Waals surface area contributed by atoms with E-state index >= 15 is 0 Å². The number of piperidine rings is 1. The van der Waals surface area contributed by atoms with Crippen molar-refractivity contribution in [2.24, 2.45) is 0 Å². The number of likely N-dealkylation sites (tertiary alicyclic amines) is 1. The largest absolute Gasteiger partial charge is 0.384 e. The zero-order valence-corrected chi connectivity index (χ0v) is 19.4. The molecule has 9 heteroatoms. The van der Waals surface area contributed by atoms with Gasteiger partial charge in [-0.25, -0.2) is 9.37 Å². The lowest BCUT2D eigenvalue weighted by Gasteiger charge is -2.40. The monoisotopic (exact) mass is 469 g/mol. The molecular formula is C21H29ClFN5S2. The van der Waals surface area contributed by atoms with Crippen LogP contribution < -0.4 is 15.4 Å². The molecule has 2 saturated heterocycles. The molecule has 164 valence electrons. The minimum atomic E-state index is -0.293. The molecule has 0 bridgehead atoms. The maximum absolute atomic E-state index is 14.4. The van der Waals surface area contributed by atoms with Gasteiger partial charge in [-0.3, -0.25) is 0 Å². The van der Waals surface area contributed by atoms with Crippen molar-refractivity contribution in [1.29, 1.82) is 0 Å². The third-order valence-electron chi connectivity index (χ3n) is 5.91. The molecule has 2 fully saturated rings. The Hall–Kier alpha value is -1.06. The number of hydrogen-bond donors (Lipinski definition) is 3. The van der Waals surface area contributed by atoms with Crippen molar-refractivity contribution in [3.05, 3.63) is 34.5 Å². The van der Waals surface area contributed by atoms with Crippen molar-refractivity contribution in [3.63, 3.8) is 0 Å². The number of unbranched alkanes of at least 4 members (excludes halogenated alkanes) is 1. The number of halogens is 2. The van der Waals surface area contributed by atoms with Crippen LogP contribution in [0.4, 0.5) is 15.2 Å². The first-order valence-electron chi connectivity index (χ1n) is 10.7. The number of anilines is 2. The van der Waals surface area contributed by atoms with E-state index in [1.54, 1.807) is 12.3 Å². The zero-order valence-electron chi connectivity index (χ0n) is 17.1. The average Bonchev–Trinajstić information content (AvgIpc) is 3.41. The first-order valence-corrected chi connectivity index (χ1v) is 12.7. The molecule has 3 N–H and O–H groups in total. The molecule has 5 nitrogen and oxygen atoms in total.